The summed E-state index contributed by atoms with van der Waals surface area (Å²) in [6.07, 6.45) is 1.73. The third-order valence-electron chi connectivity index (χ3n) is 2.85. The summed E-state index contributed by atoms with van der Waals surface area (Å²) in [5.74, 6) is 5.01. The lowest BCUT2D eigenvalue weighted by Crippen LogP contribution is -2.18. The van der Waals surface area contributed by atoms with Crippen LogP contribution in [0.5, 0.6) is 0 Å². The molecule has 5 heteroatoms. The highest BCUT2D eigenvalue weighted by Crippen LogP contribution is 2.11. The molecule has 0 unspecified atom stereocenters. The maximum absolute atomic E-state index is 12.3. The van der Waals surface area contributed by atoms with E-state index in [4.69, 9.17) is 9.84 Å². The van der Waals surface area contributed by atoms with E-state index in [1.165, 1.54) is 6.20 Å². The van der Waals surface area contributed by atoms with Crippen LogP contribution in [0.15, 0.2) is 29.2 Å². The van der Waals surface area contributed by atoms with E-state index in [0.29, 0.717) is 22.9 Å². The zero-order valence-corrected chi connectivity index (χ0v) is 11.6. The highest BCUT2D eigenvalue weighted by atomic mass is 16.5. The molecule has 21 heavy (non-hydrogen) atoms. The van der Waals surface area contributed by atoms with Crippen LogP contribution in [0.1, 0.15) is 29.3 Å². The Labute approximate surface area is 121 Å². The molecule has 0 bridgehead atoms. The van der Waals surface area contributed by atoms with Crippen molar-refractivity contribution < 1.29 is 14.6 Å². The Morgan fingerprint density at radius 2 is 2.24 bits per heavy atom. The minimum atomic E-state index is -0.641. The number of aromatic nitrogens is 1. The third-order valence-corrected chi connectivity index (χ3v) is 2.85. The molecule has 1 aromatic heterocycles. The van der Waals surface area contributed by atoms with Gasteiger partial charge < -0.3 is 14.8 Å². The first-order valence-electron chi connectivity index (χ1n) is 6.59. The molecule has 5 nitrogen and oxygen atoms in total. The molecular weight excluding hydrogens is 270 g/mol. The van der Waals surface area contributed by atoms with Crippen LogP contribution in [0.2, 0.25) is 0 Å². The van der Waals surface area contributed by atoms with Crippen LogP contribution in [0.4, 0.5) is 0 Å². The number of aromatic amines is 1. The van der Waals surface area contributed by atoms with Crippen molar-refractivity contribution in [3.8, 4) is 11.8 Å². The van der Waals surface area contributed by atoms with Gasteiger partial charge in [0, 0.05) is 29.1 Å². The second-order valence-corrected chi connectivity index (χ2v) is 4.29. The summed E-state index contributed by atoms with van der Waals surface area (Å²) in [6.45, 7) is 1.89. The van der Waals surface area contributed by atoms with Gasteiger partial charge in [-0.15, -0.1) is 0 Å². The lowest BCUT2D eigenvalue weighted by molar-refractivity contribution is 0.0524. The molecule has 0 saturated heterocycles. The van der Waals surface area contributed by atoms with E-state index >= 15 is 0 Å². The quantitative estimate of drug-likeness (QED) is 0.660. The van der Waals surface area contributed by atoms with Crippen molar-refractivity contribution in [2.45, 2.75) is 13.3 Å². The van der Waals surface area contributed by atoms with Crippen LogP contribution in [0, 0.1) is 11.8 Å². The summed E-state index contributed by atoms with van der Waals surface area (Å²) < 4.78 is 4.85. The summed E-state index contributed by atoms with van der Waals surface area (Å²) in [7, 11) is 0. The first kappa shape index (κ1) is 14.8. The van der Waals surface area contributed by atoms with Crippen molar-refractivity contribution in [1.29, 1.82) is 0 Å². The number of hydrogen-bond donors (Lipinski definition) is 2. The Morgan fingerprint density at radius 3 is 2.95 bits per heavy atom. The number of hydrogen-bond acceptors (Lipinski definition) is 4. The number of nitrogens with one attached hydrogen (secondary N) is 1. The Bertz CT molecular complexity index is 780. The van der Waals surface area contributed by atoms with Gasteiger partial charge in [-0.1, -0.05) is 11.8 Å². The van der Waals surface area contributed by atoms with E-state index in [1.54, 1.807) is 25.1 Å². The van der Waals surface area contributed by atoms with Crippen molar-refractivity contribution in [1.82, 2.24) is 4.98 Å². The van der Waals surface area contributed by atoms with Gasteiger partial charge in [-0.3, -0.25) is 4.79 Å². The second kappa shape index (κ2) is 6.73. The molecule has 0 aliphatic rings. The van der Waals surface area contributed by atoms with Crippen LogP contribution in [0.25, 0.3) is 10.9 Å². The van der Waals surface area contributed by atoms with Crippen LogP contribution < -0.4 is 5.43 Å². The standard InChI is InChI=1S/C16H15NO4/c1-2-21-16(20)13-10-17-14-7-6-11(5-3-4-8-18)9-12(14)15(13)19/h6-7,9-10,18H,2,4,8H2,1H3,(H,17,19). The molecule has 0 aliphatic heterocycles. The Morgan fingerprint density at radius 1 is 1.43 bits per heavy atom. The number of pyridine rings is 1. The first-order chi connectivity index (χ1) is 10.2. The third kappa shape index (κ3) is 3.30. The highest BCUT2D eigenvalue weighted by molar-refractivity contribution is 5.93. The van der Waals surface area contributed by atoms with E-state index in [9.17, 15) is 9.59 Å². The van der Waals surface area contributed by atoms with Gasteiger partial charge in [0.05, 0.1) is 13.2 Å². The van der Waals surface area contributed by atoms with Gasteiger partial charge >= 0.3 is 5.97 Å². The average molecular weight is 285 g/mol. The van der Waals surface area contributed by atoms with Gasteiger partial charge in [0.25, 0.3) is 0 Å². The number of fused-ring (bicyclic) bond motifs is 1. The number of aliphatic hydroxyl groups excluding tert-OH is 1. The molecule has 2 aromatic rings. The molecule has 0 amide bonds. The second-order valence-electron chi connectivity index (χ2n) is 4.29. The minimum absolute atomic E-state index is 0.00578. The van der Waals surface area contributed by atoms with Gasteiger partial charge in [0.1, 0.15) is 5.56 Å². The number of ether oxygens (including phenoxy) is 1. The molecule has 1 aromatic carbocycles. The molecule has 1 heterocycles. The normalized spacial score (nSPS) is 10.0. The summed E-state index contributed by atoms with van der Waals surface area (Å²) in [4.78, 5) is 26.9. The van der Waals surface area contributed by atoms with Gasteiger partial charge in [-0.25, -0.2) is 4.79 Å². The van der Waals surface area contributed by atoms with Crippen molar-refractivity contribution in [3.05, 3.63) is 45.7 Å². The monoisotopic (exact) mass is 285 g/mol. The SMILES string of the molecule is CCOC(=O)c1c[nH]c2ccc(C#CCCO)cc2c1=O. The highest BCUT2D eigenvalue weighted by Gasteiger charge is 2.13. The topological polar surface area (TPSA) is 79.4 Å². The predicted molar refractivity (Wildman–Crippen MR) is 79.1 cm³/mol. The number of carbonyl (C=O) groups excluding carboxylic acids is 1. The van der Waals surface area contributed by atoms with E-state index in [2.05, 4.69) is 16.8 Å². The molecule has 0 atom stereocenters. The number of benzene rings is 1. The van der Waals surface area contributed by atoms with Crippen LogP contribution in [0.3, 0.4) is 0 Å². The van der Waals surface area contributed by atoms with Crippen molar-refractivity contribution in [2.24, 2.45) is 0 Å². The molecule has 0 aliphatic carbocycles. The fourth-order valence-electron chi connectivity index (χ4n) is 1.88. The summed E-state index contributed by atoms with van der Waals surface area (Å²) in [5, 5.41) is 9.08. The Balaban J connectivity index is 2.50. The van der Waals surface area contributed by atoms with Crippen molar-refractivity contribution in [3.63, 3.8) is 0 Å². The number of aliphatic hydroxyl groups is 1. The smallest absolute Gasteiger partial charge is 0.343 e. The maximum atomic E-state index is 12.3. The van der Waals surface area contributed by atoms with Gasteiger partial charge in [-0.05, 0) is 25.1 Å². The minimum Gasteiger partial charge on any atom is -0.462 e. The van der Waals surface area contributed by atoms with Crippen LogP contribution >= 0.6 is 0 Å². The van der Waals surface area contributed by atoms with Gasteiger partial charge in [0.2, 0.25) is 5.43 Å². The number of carbonyl (C=O) groups is 1. The molecule has 108 valence electrons. The molecular formula is C16H15NO4. The maximum Gasteiger partial charge on any atom is 0.343 e. The van der Waals surface area contributed by atoms with Gasteiger partial charge in [0.15, 0.2) is 0 Å². The first-order valence-corrected chi connectivity index (χ1v) is 6.59. The predicted octanol–water partition coefficient (Wildman–Crippen LogP) is 1.44. The largest absolute Gasteiger partial charge is 0.462 e. The fraction of sp³-hybridized carbons (Fsp3) is 0.250. The van der Waals surface area contributed by atoms with Gasteiger partial charge in [-0.2, -0.15) is 0 Å². The number of rotatable bonds is 3. The molecule has 2 rings (SSSR count). The van der Waals surface area contributed by atoms with Crippen LogP contribution in [-0.4, -0.2) is 29.3 Å². The van der Waals surface area contributed by atoms with E-state index in [-0.39, 0.29) is 24.2 Å². The van der Waals surface area contributed by atoms with E-state index in [1.807, 2.05) is 0 Å². The fourth-order valence-corrected chi connectivity index (χ4v) is 1.88. The molecule has 2 N–H and O–H groups in total. The lowest BCUT2D eigenvalue weighted by atomic mass is 10.1. The van der Waals surface area contributed by atoms with E-state index in [0.717, 1.165) is 0 Å². The Kier molecular flexibility index (Phi) is 4.75. The summed E-state index contributed by atoms with van der Waals surface area (Å²) >= 11 is 0. The molecule has 0 spiro atoms. The van der Waals surface area contributed by atoms with Crippen molar-refractivity contribution >= 4 is 16.9 Å². The summed E-state index contributed by atoms with van der Waals surface area (Å²) in [5.41, 5.74) is 0.876. The van der Waals surface area contributed by atoms with Crippen molar-refractivity contribution in [2.75, 3.05) is 13.2 Å². The van der Waals surface area contributed by atoms with E-state index < -0.39 is 5.97 Å². The lowest BCUT2D eigenvalue weighted by Gasteiger charge is -2.03. The summed E-state index contributed by atoms with van der Waals surface area (Å²) in [6, 6.07) is 5.13. The molecule has 0 radical (unpaired) electrons. The Hall–Kier alpha value is -2.58. The molecule has 0 fully saturated rings. The van der Waals surface area contributed by atoms with Crippen LogP contribution in [-0.2, 0) is 4.74 Å². The zero-order valence-electron chi connectivity index (χ0n) is 11.6. The average Bonchev–Trinajstić information content (AvgIpc) is 2.48. The number of H-pyrrole nitrogens is 1. The number of esters is 1. The zero-order chi connectivity index (χ0) is 15.2. The molecule has 0 saturated carbocycles.